The van der Waals surface area contributed by atoms with Crippen LogP contribution >= 0.6 is 11.6 Å². The summed E-state index contributed by atoms with van der Waals surface area (Å²) in [5.74, 6) is -1.69. The van der Waals surface area contributed by atoms with Crippen molar-refractivity contribution in [2.45, 2.75) is 19.0 Å². The molecule has 0 unspecified atom stereocenters. The van der Waals surface area contributed by atoms with Gasteiger partial charge in [-0.3, -0.25) is 9.59 Å². The first-order valence-corrected chi connectivity index (χ1v) is 3.87. The van der Waals surface area contributed by atoms with E-state index in [1.165, 1.54) is 6.92 Å². The predicted molar refractivity (Wildman–Crippen MR) is 43.9 cm³/mol. The average molecular weight is 195 g/mol. The van der Waals surface area contributed by atoms with Crippen LogP contribution < -0.4 is 11.1 Å². The van der Waals surface area contributed by atoms with Crippen molar-refractivity contribution in [3.63, 3.8) is 0 Å². The SMILES string of the molecule is C[C@@H](NC(=O)[C@H](N)CCl)C(=O)O. The third-order valence-corrected chi connectivity index (χ3v) is 1.56. The zero-order valence-electron chi connectivity index (χ0n) is 6.58. The van der Waals surface area contributed by atoms with Crippen molar-refractivity contribution in [1.82, 2.24) is 5.32 Å². The van der Waals surface area contributed by atoms with Crippen molar-refractivity contribution in [1.29, 1.82) is 0 Å². The van der Waals surface area contributed by atoms with Crippen LogP contribution in [0.1, 0.15) is 6.92 Å². The molecule has 0 saturated carbocycles. The van der Waals surface area contributed by atoms with Crippen molar-refractivity contribution in [3.8, 4) is 0 Å². The van der Waals surface area contributed by atoms with E-state index in [0.29, 0.717) is 0 Å². The molecule has 0 fully saturated rings. The zero-order chi connectivity index (χ0) is 9.72. The molecule has 0 saturated heterocycles. The second-order valence-electron chi connectivity index (χ2n) is 2.33. The summed E-state index contributed by atoms with van der Waals surface area (Å²) in [6.07, 6.45) is 0. The molecule has 0 aliphatic carbocycles. The van der Waals surface area contributed by atoms with Crippen molar-refractivity contribution < 1.29 is 14.7 Å². The summed E-state index contributed by atoms with van der Waals surface area (Å²) in [5, 5.41) is 10.6. The van der Waals surface area contributed by atoms with Crippen LogP contribution in [0.4, 0.5) is 0 Å². The minimum Gasteiger partial charge on any atom is -0.480 e. The highest BCUT2D eigenvalue weighted by molar-refractivity contribution is 6.19. The Kier molecular flexibility index (Phi) is 4.61. The minimum atomic E-state index is -1.11. The monoisotopic (exact) mass is 194 g/mol. The van der Waals surface area contributed by atoms with E-state index in [9.17, 15) is 9.59 Å². The van der Waals surface area contributed by atoms with Crippen molar-refractivity contribution >= 4 is 23.5 Å². The molecular weight excluding hydrogens is 184 g/mol. The summed E-state index contributed by atoms with van der Waals surface area (Å²) in [4.78, 5) is 21.2. The maximum absolute atomic E-state index is 10.9. The van der Waals surface area contributed by atoms with Crippen LogP contribution in [0.2, 0.25) is 0 Å². The van der Waals surface area contributed by atoms with Crippen molar-refractivity contribution in [2.75, 3.05) is 5.88 Å². The highest BCUT2D eigenvalue weighted by atomic mass is 35.5. The smallest absolute Gasteiger partial charge is 0.325 e. The third kappa shape index (κ3) is 3.54. The fourth-order valence-corrected chi connectivity index (χ4v) is 0.592. The summed E-state index contributed by atoms with van der Waals surface area (Å²) < 4.78 is 0. The lowest BCUT2D eigenvalue weighted by Gasteiger charge is -2.11. The standard InChI is InChI=1S/C6H11ClN2O3/c1-3(6(11)12)9-5(10)4(8)2-7/h3-4H,2,8H2,1H3,(H,9,10)(H,11,12)/t3-,4-/m1/s1. The number of carboxylic acids is 1. The predicted octanol–water partition coefficient (Wildman–Crippen LogP) is -0.858. The number of carbonyl (C=O) groups is 2. The quantitative estimate of drug-likeness (QED) is 0.508. The first kappa shape index (κ1) is 11.2. The Balaban J connectivity index is 3.92. The molecule has 0 aliphatic rings. The molecule has 0 spiro atoms. The van der Waals surface area contributed by atoms with Crippen LogP contribution in [0.5, 0.6) is 0 Å². The van der Waals surface area contributed by atoms with Gasteiger partial charge in [-0.15, -0.1) is 11.6 Å². The lowest BCUT2D eigenvalue weighted by molar-refractivity contribution is -0.141. The normalized spacial score (nSPS) is 14.9. The molecule has 0 aromatic heterocycles. The number of amides is 1. The second kappa shape index (κ2) is 4.95. The molecule has 6 heteroatoms. The van der Waals surface area contributed by atoms with Crippen LogP contribution in [-0.2, 0) is 9.59 Å². The van der Waals surface area contributed by atoms with E-state index < -0.39 is 24.0 Å². The highest BCUT2D eigenvalue weighted by Gasteiger charge is 2.18. The largest absolute Gasteiger partial charge is 0.480 e. The van der Waals surface area contributed by atoms with Crippen molar-refractivity contribution in [2.24, 2.45) is 5.73 Å². The molecule has 0 radical (unpaired) electrons. The molecule has 0 rings (SSSR count). The summed E-state index contributed by atoms with van der Waals surface area (Å²) in [5.41, 5.74) is 5.23. The number of carboxylic acid groups (broad SMARTS) is 1. The number of nitrogens with two attached hydrogens (primary N) is 1. The van der Waals surface area contributed by atoms with Crippen LogP contribution in [-0.4, -0.2) is 34.9 Å². The number of hydrogen-bond acceptors (Lipinski definition) is 3. The van der Waals surface area contributed by atoms with Crippen LogP contribution in [0.25, 0.3) is 0 Å². The Hall–Kier alpha value is -0.810. The number of rotatable bonds is 4. The Morgan fingerprint density at radius 3 is 2.50 bits per heavy atom. The molecule has 0 aromatic carbocycles. The van der Waals surface area contributed by atoms with Gasteiger partial charge in [0.15, 0.2) is 0 Å². The number of halogens is 1. The van der Waals surface area contributed by atoms with Gasteiger partial charge in [-0.1, -0.05) is 0 Å². The second-order valence-corrected chi connectivity index (χ2v) is 2.64. The molecular formula is C6H11ClN2O3. The number of carbonyl (C=O) groups excluding carboxylic acids is 1. The minimum absolute atomic E-state index is 0.0296. The summed E-state index contributed by atoms with van der Waals surface area (Å²) in [6, 6.07) is -1.79. The number of hydrogen-bond donors (Lipinski definition) is 3. The molecule has 0 aromatic rings. The highest BCUT2D eigenvalue weighted by Crippen LogP contribution is 1.87. The van der Waals surface area contributed by atoms with Gasteiger partial charge in [0.05, 0.1) is 6.04 Å². The Labute approximate surface area is 74.9 Å². The van der Waals surface area contributed by atoms with Gasteiger partial charge in [0.1, 0.15) is 6.04 Å². The fraction of sp³-hybridized carbons (Fsp3) is 0.667. The number of aliphatic carboxylic acids is 1. The number of nitrogens with one attached hydrogen (secondary N) is 1. The fourth-order valence-electron chi connectivity index (χ4n) is 0.452. The Morgan fingerprint density at radius 1 is 1.67 bits per heavy atom. The van der Waals surface area contributed by atoms with E-state index >= 15 is 0 Å². The summed E-state index contributed by atoms with van der Waals surface area (Å²) >= 11 is 5.28. The number of alkyl halides is 1. The van der Waals surface area contributed by atoms with Crippen LogP contribution in [0, 0.1) is 0 Å². The van der Waals surface area contributed by atoms with Crippen LogP contribution in [0.15, 0.2) is 0 Å². The molecule has 0 aliphatic heterocycles. The molecule has 12 heavy (non-hydrogen) atoms. The lowest BCUT2D eigenvalue weighted by atomic mass is 10.3. The van der Waals surface area contributed by atoms with E-state index in [1.807, 2.05) is 0 Å². The van der Waals surface area contributed by atoms with Gasteiger partial charge in [0.2, 0.25) is 5.91 Å². The lowest BCUT2D eigenvalue weighted by Crippen LogP contribution is -2.47. The van der Waals surface area contributed by atoms with Gasteiger partial charge in [-0.25, -0.2) is 0 Å². The molecule has 4 N–H and O–H groups in total. The third-order valence-electron chi connectivity index (χ3n) is 1.23. The van der Waals surface area contributed by atoms with Gasteiger partial charge in [-0.2, -0.15) is 0 Å². The maximum Gasteiger partial charge on any atom is 0.325 e. The molecule has 2 atom stereocenters. The molecule has 1 amide bonds. The van der Waals surface area contributed by atoms with Gasteiger partial charge < -0.3 is 16.2 Å². The van der Waals surface area contributed by atoms with E-state index in [2.05, 4.69) is 5.32 Å². The molecule has 70 valence electrons. The molecule has 0 bridgehead atoms. The van der Waals surface area contributed by atoms with Gasteiger partial charge >= 0.3 is 5.97 Å². The Bertz CT molecular complexity index is 186. The van der Waals surface area contributed by atoms with Crippen LogP contribution in [0.3, 0.4) is 0 Å². The zero-order valence-corrected chi connectivity index (χ0v) is 7.34. The van der Waals surface area contributed by atoms with Gasteiger partial charge in [0, 0.05) is 5.88 Å². The van der Waals surface area contributed by atoms with E-state index in [4.69, 9.17) is 22.4 Å². The average Bonchev–Trinajstić information content (AvgIpc) is 2.02. The summed E-state index contributed by atoms with van der Waals surface area (Å²) in [7, 11) is 0. The maximum atomic E-state index is 10.9. The van der Waals surface area contributed by atoms with Crippen molar-refractivity contribution in [3.05, 3.63) is 0 Å². The topological polar surface area (TPSA) is 92.4 Å². The van der Waals surface area contributed by atoms with E-state index in [1.54, 1.807) is 0 Å². The molecule has 5 nitrogen and oxygen atoms in total. The molecule has 0 heterocycles. The van der Waals surface area contributed by atoms with Gasteiger partial charge in [0.25, 0.3) is 0 Å². The van der Waals surface area contributed by atoms with E-state index in [0.717, 1.165) is 0 Å². The Morgan fingerprint density at radius 2 is 2.17 bits per heavy atom. The first-order chi connectivity index (χ1) is 5.49. The summed E-state index contributed by atoms with van der Waals surface area (Å²) in [6.45, 7) is 1.35. The first-order valence-electron chi connectivity index (χ1n) is 3.33. The van der Waals surface area contributed by atoms with E-state index in [-0.39, 0.29) is 5.88 Å². The van der Waals surface area contributed by atoms with Gasteiger partial charge in [-0.05, 0) is 6.92 Å².